The molecule has 1 aliphatic heterocycles. The Morgan fingerprint density at radius 3 is 1.28 bits per heavy atom. The lowest BCUT2D eigenvalue weighted by molar-refractivity contribution is 0.892. The Bertz CT molecular complexity index is 3600. The predicted octanol–water partition coefficient (Wildman–Crippen LogP) is 9.66. The largest absolute Gasteiger partial charge is 0.309 e. The Hall–Kier alpha value is -7.77. The Balaban J connectivity index is 1.24. The zero-order chi connectivity index (χ0) is 37.9. The molecule has 0 unspecified atom stereocenters. The van der Waals surface area contributed by atoms with Crippen molar-refractivity contribution >= 4 is 88.5 Å². The summed E-state index contributed by atoms with van der Waals surface area (Å²) in [6.45, 7) is -0.0341. The number of hydrogen-bond donors (Lipinski definition) is 0. The minimum atomic E-state index is -0.0341. The van der Waals surface area contributed by atoms with Gasteiger partial charge in [0.15, 0.2) is 5.82 Å². The highest BCUT2D eigenvalue weighted by Crippen LogP contribution is 2.38. The van der Waals surface area contributed by atoms with Gasteiger partial charge in [-0.15, -0.1) is 0 Å². The van der Waals surface area contributed by atoms with Crippen molar-refractivity contribution in [2.24, 2.45) is 0 Å². The Morgan fingerprint density at radius 1 is 0.310 bits per heavy atom. The van der Waals surface area contributed by atoms with Crippen molar-refractivity contribution in [1.29, 1.82) is 0 Å². The minimum absolute atomic E-state index is 0.0341. The maximum absolute atomic E-state index is 5.48. The lowest BCUT2D eigenvalue weighted by Crippen LogP contribution is -2.52. The van der Waals surface area contributed by atoms with E-state index in [1.807, 2.05) is 0 Å². The minimum Gasteiger partial charge on any atom is -0.309 e. The molecule has 6 nitrogen and oxygen atoms in total. The zero-order valence-corrected chi connectivity index (χ0v) is 31.2. The van der Waals surface area contributed by atoms with E-state index in [0.29, 0.717) is 17.7 Å². The lowest BCUT2D eigenvalue weighted by atomic mass is 9.37. The summed E-state index contributed by atoms with van der Waals surface area (Å²) < 4.78 is 6.84. The number of para-hydroxylation sites is 5. The molecule has 0 saturated heterocycles. The topological polar surface area (TPSA) is 53.5 Å². The predicted molar refractivity (Wildman–Crippen MR) is 239 cm³/mol. The molecule has 13 rings (SSSR count). The second-order valence-electron chi connectivity index (χ2n) is 15.2. The molecule has 0 spiro atoms. The summed E-state index contributed by atoms with van der Waals surface area (Å²) in [5.41, 5.74) is 12.0. The van der Waals surface area contributed by atoms with E-state index in [-0.39, 0.29) is 6.71 Å². The van der Waals surface area contributed by atoms with Crippen molar-refractivity contribution in [3.05, 3.63) is 188 Å². The van der Waals surface area contributed by atoms with Crippen LogP contribution in [0.2, 0.25) is 0 Å². The van der Waals surface area contributed by atoms with Crippen LogP contribution in [0.1, 0.15) is 0 Å². The van der Waals surface area contributed by atoms with Crippen LogP contribution >= 0.6 is 0 Å². The zero-order valence-electron chi connectivity index (χ0n) is 31.2. The van der Waals surface area contributed by atoms with Crippen molar-refractivity contribution in [2.45, 2.75) is 0 Å². The molecular formula is C51H31BN6. The molecule has 6 bridgehead atoms. The summed E-state index contributed by atoms with van der Waals surface area (Å²) in [5, 5.41) is 7.00. The van der Waals surface area contributed by atoms with E-state index in [0.717, 1.165) is 65.9 Å². The summed E-state index contributed by atoms with van der Waals surface area (Å²) in [6, 6.07) is 67.7. The first-order valence-corrected chi connectivity index (χ1v) is 19.7. The summed E-state index contributed by atoms with van der Waals surface area (Å²) >= 11 is 0. The summed E-state index contributed by atoms with van der Waals surface area (Å²) in [6.07, 6.45) is 0. The molecule has 268 valence electrons. The van der Waals surface area contributed by atoms with Crippen LogP contribution in [0.25, 0.3) is 94.4 Å². The van der Waals surface area contributed by atoms with E-state index in [2.05, 4.69) is 202 Å². The van der Waals surface area contributed by atoms with Gasteiger partial charge in [0.05, 0.1) is 38.8 Å². The quantitative estimate of drug-likeness (QED) is 0.166. The maximum Gasteiger partial charge on any atom is 0.241 e. The van der Waals surface area contributed by atoms with E-state index in [4.69, 9.17) is 15.0 Å². The van der Waals surface area contributed by atoms with Crippen LogP contribution in [-0.4, -0.2) is 35.4 Å². The maximum atomic E-state index is 5.48. The van der Waals surface area contributed by atoms with Gasteiger partial charge in [0.25, 0.3) is 0 Å². The van der Waals surface area contributed by atoms with Gasteiger partial charge in [-0.2, -0.15) is 15.0 Å². The molecule has 58 heavy (non-hydrogen) atoms. The molecule has 0 aliphatic carbocycles. The Kier molecular flexibility index (Phi) is 6.43. The van der Waals surface area contributed by atoms with Crippen LogP contribution in [0.3, 0.4) is 0 Å². The van der Waals surface area contributed by atoms with Gasteiger partial charge in [-0.3, -0.25) is 9.13 Å². The van der Waals surface area contributed by atoms with Crippen LogP contribution in [-0.2, 0) is 0 Å². The third-order valence-electron chi connectivity index (χ3n) is 12.2. The molecule has 8 aromatic carbocycles. The summed E-state index contributed by atoms with van der Waals surface area (Å²) in [4.78, 5) is 16.4. The van der Waals surface area contributed by atoms with E-state index in [9.17, 15) is 0 Å². The second-order valence-corrected chi connectivity index (χ2v) is 15.2. The average molecular weight is 739 g/mol. The van der Waals surface area contributed by atoms with Crippen LogP contribution in [0.15, 0.2) is 188 Å². The van der Waals surface area contributed by atoms with E-state index in [1.54, 1.807) is 0 Å². The number of fused-ring (bicyclic) bond motifs is 17. The van der Waals surface area contributed by atoms with Gasteiger partial charge in [-0.1, -0.05) is 156 Å². The molecule has 1 aliphatic rings. The number of aromatic nitrogens is 6. The van der Waals surface area contributed by atoms with Crippen molar-refractivity contribution < 1.29 is 0 Å². The molecule has 12 aromatic rings. The third kappa shape index (κ3) is 4.35. The van der Waals surface area contributed by atoms with E-state index >= 15 is 0 Å². The fourth-order valence-electron chi connectivity index (χ4n) is 9.70. The monoisotopic (exact) mass is 738 g/mol. The number of nitrogens with zero attached hydrogens (tertiary/aromatic N) is 6. The Morgan fingerprint density at radius 2 is 0.724 bits per heavy atom. The Labute approximate surface area is 333 Å². The fourth-order valence-corrected chi connectivity index (χ4v) is 9.70. The third-order valence-corrected chi connectivity index (χ3v) is 12.2. The van der Waals surface area contributed by atoms with Gasteiger partial charge in [0.2, 0.25) is 18.6 Å². The smallest absolute Gasteiger partial charge is 0.241 e. The van der Waals surface area contributed by atoms with Gasteiger partial charge < -0.3 is 4.57 Å². The van der Waals surface area contributed by atoms with Crippen molar-refractivity contribution in [3.8, 4) is 29.0 Å². The molecular weight excluding hydrogens is 707 g/mol. The van der Waals surface area contributed by atoms with E-state index < -0.39 is 0 Å². The van der Waals surface area contributed by atoms with Crippen molar-refractivity contribution in [3.63, 3.8) is 0 Å². The molecule has 0 amide bonds. The van der Waals surface area contributed by atoms with Crippen LogP contribution in [0.5, 0.6) is 0 Å². The van der Waals surface area contributed by atoms with E-state index in [1.165, 1.54) is 27.2 Å². The van der Waals surface area contributed by atoms with Gasteiger partial charge >= 0.3 is 0 Å². The molecule has 4 aromatic heterocycles. The highest BCUT2D eigenvalue weighted by molar-refractivity contribution is 6.95. The van der Waals surface area contributed by atoms with Crippen molar-refractivity contribution in [1.82, 2.24) is 28.7 Å². The first-order valence-electron chi connectivity index (χ1n) is 19.7. The summed E-state index contributed by atoms with van der Waals surface area (Å²) in [7, 11) is 0. The normalized spacial score (nSPS) is 12.4. The molecule has 0 atom stereocenters. The summed E-state index contributed by atoms with van der Waals surface area (Å²) in [5.74, 6) is 1.73. The van der Waals surface area contributed by atoms with Gasteiger partial charge in [-0.25, -0.2) is 0 Å². The number of benzene rings is 8. The first-order chi connectivity index (χ1) is 28.8. The van der Waals surface area contributed by atoms with Gasteiger partial charge in [-0.05, 0) is 48.5 Å². The SMILES string of the molecule is c1ccc(B2c3ccc4c5ccccc5n(c4c3)-c3nc(nc(-n4c5ccccc5c5ccccc54)n3)-c3ccccc3-n3c4ccccc4c4ccc2cc43)cc1. The van der Waals surface area contributed by atoms with Crippen molar-refractivity contribution in [2.75, 3.05) is 0 Å². The van der Waals surface area contributed by atoms with Gasteiger partial charge in [0, 0.05) is 37.9 Å². The van der Waals surface area contributed by atoms with Crippen LogP contribution in [0, 0.1) is 0 Å². The lowest BCUT2D eigenvalue weighted by Gasteiger charge is -2.19. The fraction of sp³-hybridized carbons (Fsp3) is 0. The molecule has 5 heterocycles. The van der Waals surface area contributed by atoms with Crippen LogP contribution < -0.4 is 16.4 Å². The number of rotatable bonds is 2. The molecule has 0 radical (unpaired) electrons. The molecule has 0 saturated carbocycles. The molecule has 7 heteroatoms. The standard InChI is InChI=1S/C51H31BN6/c1-2-14-32(15-3-1)52-33-26-28-39-37-18-4-9-21-42(37)56(47(39)30-33)46-25-13-8-20-41(46)49-53-50(57-43-22-10-5-16-35(43)36-17-6-11-23-44(36)57)55-51(54-49)58-45-24-12-7-19-38(45)40-29-27-34(52)31-48(40)58/h1-31H. The average Bonchev–Trinajstić information content (AvgIpc) is 3.92. The highest BCUT2D eigenvalue weighted by atomic mass is 15.3. The van der Waals surface area contributed by atoms with Gasteiger partial charge in [0.1, 0.15) is 0 Å². The first kappa shape index (κ1) is 31.4. The second kappa shape index (κ2) is 11.9. The highest BCUT2D eigenvalue weighted by Gasteiger charge is 2.28. The van der Waals surface area contributed by atoms with Crippen LogP contribution in [0.4, 0.5) is 0 Å². The molecule has 0 N–H and O–H groups in total. The molecule has 0 fully saturated rings. The number of hydrogen-bond acceptors (Lipinski definition) is 3.